The molecule has 204 valence electrons. The summed E-state index contributed by atoms with van der Waals surface area (Å²) >= 11 is 6.08. The number of nitriles is 1. The lowest BCUT2D eigenvalue weighted by Gasteiger charge is -2.28. The summed E-state index contributed by atoms with van der Waals surface area (Å²) in [5, 5.41) is 23.9. The SMILES string of the molecule is COc1ccc(CC(C)(C)NC[C@@H](O)COc2ccc(S(=O)(=O)NN3CCC(Cl)C3C#N)cc2)cc1.Cl. The van der Waals surface area contributed by atoms with Gasteiger partial charge in [-0.3, -0.25) is 0 Å². The second-order valence-electron chi connectivity index (χ2n) is 9.39. The first kappa shape index (κ1) is 31.1. The molecule has 0 bridgehead atoms. The van der Waals surface area contributed by atoms with Gasteiger partial charge in [0.2, 0.25) is 0 Å². The van der Waals surface area contributed by atoms with Gasteiger partial charge >= 0.3 is 0 Å². The van der Waals surface area contributed by atoms with Gasteiger partial charge in [-0.1, -0.05) is 12.1 Å². The molecule has 1 fully saturated rings. The van der Waals surface area contributed by atoms with Crippen molar-refractivity contribution in [2.45, 2.75) is 54.6 Å². The van der Waals surface area contributed by atoms with Crippen molar-refractivity contribution in [3.63, 3.8) is 0 Å². The summed E-state index contributed by atoms with van der Waals surface area (Å²) in [5.41, 5.74) is 0.904. The molecule has 0 radical (unpaired) electrons. The molecule has 0 amide bonds. The van der Waals surface area contributed by atoms with Crippen LogP contribution in [-0.4, -0.2) is 68.4 Å². The number of benzene rings is 2. The highest BCUT2D eigenvalue weighted by Crippen LogP contribution is 2.23. The topological polar surface area (TPSA) is 124 Å². The molecule has 3 atom stereocenters. The number of methoxy groups -OCH3 is 1. The third-order valence-electron chi connectivity index (χ3n) is 5.89. The fraction of sp³-hybridized carbons (Fsp3) is 0.480. The van der Waals surface area contributed by atoms with Crippen molar-refractivity contribution in [3.8, 4) is 17.6 Å². The van der Waals surface area contributed by atoms with E-state index in [0.717, 1.165) is 17.7 Å². The monoisotopic (exact) mass is 572 g/mol. The molecule has 0 spiro atoms. The number of ether oxygens (including phenoxy) is 2. The van der Waals surface area contributed by atoms with E-state index in [1.165, 1.54) is 29.3 Å². The third kappa shape index (κ3) is 9.00. The Labute approximate surface area is 230 Å². The Hall–Kier alpha value is -2.10. The number of aliphatic hydroxyl groups excluding tert-OH is 1. The molecular weight excluding hydrogens is 539 g/mol. The maximum Gasteiger partial charge on any atom is 0.253 e. The van der Waals surface area contributed by atoms with Crippen LogP contribution in [-0.2, 0) is 16.4 Å². The van der Waals surface area contributed by atoms with Gasteiger partial charge < -0.3 is 19.9 Å². The summed E-state index contributed by atoms with van der Waals surface area (Å²) < 4.78 is 36.2. The Kier molecular flexibility index (Phi) is 11.5. The Bertz CT molecular complexity index is 1140. The van der Waals surface area contributed by atoms with Crippen molar-refractivity contribution >= 4 is 34.0 Å². The summed E-state index contributed by atoms with van der Waals surface area (Å²) in [6.45, 7) is 4.86. The van der Waals surface area contributed by atoms with Gasteiger partial charge in [0.25, 0.3) is 10.0 Å². The molecular formula is C25H34Cl2N4O5S. The molecule has 0 aromatic heterocycles. The average Bonchev–Trinajstić information content (AvgIpc) is 3.20. The summed E-state index contributed by atoms with van der Waals surface area (Å²) in [7, 11) is -2.23. The zero-order valence-electron chi connectivity index (χ0n) is 21.1. The summed E-state index contributed by atoms with van der Waals surface area (Å²) in [4.78, 5) is 2.46. The molecule has 1 aliphatic rings. The van der Waals surface area contributed by atoms with E-state index in [1.807, 2.05) is 30.3 Å². The quantitative estimate of drug-likeness (QED) is 0.332. The normalized spacial score (nSPS) is 19.0. The molecule has 0 saturated carbocycles. The van der Waals surface area contributed by atoms with Crippen molar-refractivity contribution in [2.75, 3.05) is 26.8 Å². The molecule has 1 heterocycles. The van der Waals surface area contributed by atoms with Gasteiger partial charge in [0.1, 0.15) is 30.3 Å². The van der Waals surface area contributed by atoms with Crippen LogP contribution in [0.25, 0.3) is 0 Å². The van der Waals surface area contributed by atoms with Gasteiger partial charge in [-0.2, -0.15) is 5.26 Å². The molecule has 3 rings (SSSR count). The second kappa shape index (κ2) is 13.6. The van der Waals surface area contributed by atoms with Crippen LogP contribution in [0, 0.1) is 11.3 Å². The van der Waals surface area contributed by atoms with Gasteiger partial charge in [0.15, 0.2) is 0 Å². The highest BCUT2D eigenvalue weighted by Gasteiger charge is 2.35. The minimum atomic E-state index is -3.87. The number of hydrazine groups is 1. The van der Waals surface area contributed by atoms with Crippen LogP contribution < -0.4 is 19.6 Å². The van der Waals surface area contributed by atoms with E-state index < -0.39 is 27.5 Å². The van der Waals surface area contributed by atoms with Gasteiger partial charge in [0, 0.05) is 18.6 Å². The van der Waals surface area contributed by atoms with Gasteiger partial charge in [0.05, 0.1) is 23.5 Å². The fourth-order valence-corrected chi connectivity index (χ4v) is 5.29. The molecule has 12 heteroatoms. The Morgan fingerprint density at radius 3 is 2.41 bits per heavy atom. The number of aliphatic hydroxyl groups is 1. The molecule has 2 aromatic rings. The Morgan fingerprint density at radius 1 is 1.19 bits per heavy atom. The highest BCUT2D eigenvalue weighted by molar-refractivity contribution is 7.89. The van der Waals surface area contributed by atoms with Crippen molar-refractivity contribution in [1.29, 1.82) is 5.26 Å². The lowest BCUT2D eigenvalue weighted by atomic mass is 9.94. The average molecular weight is 574 g/mol. The third-order valence-corrected chi connectivity index (χ3v) is 7.72. The van der Waals surface area contributed by atoms with Crippen LogP contribution in [0.1, 0.15) is 25.8 Å². The van der Waals surface area contributed by atoms with Crippen molar-refractivity contribution < 1.29 is 23.0 Å². The number of nitrogens with one attached hydrogen (secondary N) is 2. The van der Waals surface area contributed by atoms with Crippen LogP contribution in [0.5, 0.6) is 11.5 Å². The predicted molar refractivity (Wildman–Crippen MR) is 145 cm³/mol. The molecule has 2 unspecified atom stereocenters. The van der Waals surface area contributed by atoms with E-state index >= 15 is 0 Å². The zero-order chi connectivity index (χ0) is 26.3. The number of sulfonamides is 1. The molecule has 1 saturated heterocycles. The minimum absolute atomic E-state index is 0. The standard InChI is InChI=1S/C25H33ClN4O5S.ClH/c1-25(2,14-18-4-6-20(34-3)7-5-18)28-16-19(31)17-35-21-8-10-22(11-9-21)36(32,33)29-30-13-12-23(26)24(30)15-27;/h4-11,19,23-24,28-29,31H,12-14,16-17H2,1-3H3;1H/t19-,23?,24?;/m1./s1. The number of halogens is 2. The second-order valence-corrected chi connectivity index (χ2v) is 11.6. The van der Waals surface area contributed by atoms with E-state index in [0.29, 0.717) is 25.3 Å². The van der Waals surface area contributed by atoms with E-state index in [2.05, 4.69) is 24.0 Å². The van der Waals surface area contributed by atoms with E-state index in [4.69, 9.17) is 21.1 Å². The van der Waals surface area contributed by atoms with Crippen molar-refractivity contribution in [2.24, 2.45) is 0 Å². The number of hydrogen-bond acceptors (Lipinski definition) is 8. The molecule has 0 aliphatic carbocycles. The van der Waals surface area contributed by atoms with Crippen molar-refractivity contribution in [3.05, 3.63) is 54.1 Å². The van der Waals surface area contributed by atoms with Crippen molar-refractivity contribution in [1.82, 2.24) is 15.2 Å². The Balaban J connectivity index is 0.00000481. The molecule has 9 nitrogen and oxygen atoms in total. The first-order chi connectivity index (χ1) is 17.0. The number of alkyl halides is 1. The summed E-state index contributed by atoms with van der Waals surface area (Å²) in [5.74, 6) is 1.24. The van der Waals surface area contributed by atoms with E-state index in [9.17, 15) is 18.8 Å². The van der Waals surface area contributed by atoms with Crippen LogP contribution in [0.15, 0.2) is 53.4 Å². The molecule has 2 aromatic carbocycles. The number of rotatable bonds is 12. The van der Waals surface area contributed by atoms with Gasteiger partial charge in [-0.05, 0) is 68.7 Å². The van der Waals surface area contributed by atoms with E-state index in [-0.39, 0.29) is 29.4 Å². The zero-order valence-corrected chi connectivity index (χ0v) is 23.4. The molecule has 1 aliphatic heterocycles. The number of nitrogens with zero attached hydrogens (tertiary/aromatic N) is 2. The smallest absolute Gasteiger partial charge is 0.253 e. The fourth-order valence-electron chi connectivity index (χ4n) is 3.89. The molecule has 3 N–H and O–H groups in total. The molecule has 37 heavy (non-hydrogen) atoms. The van der Waals surface area contributed by atoms with Gasteiger partial charge in [-0.25, -0.2) is 13.4 Å². The maximum absolute atomic E-state index is 12.7. The number of β-amino-alcohol motifs (C(OH)–C–C–N with tert-alkyl or cyclic N) is 1. The van der Waals surface area contributed by atoms with E-state index in [1.54, 1.807) is 7.11 Å². The predicted octanol–water partition coefficient (Wildman–Crippen LogP) is 2.87. The summed E-state index contributed by atoms with van der Waals surface area (Å²) in [6.07, 6.45) is 0.532. The lowest BCUT2D eigenvalue weighted by Crippen LogP contribution is -2.46. The van der Waals surface area contributed by atoms with Crippen LogP contribution in [0.2, 0.25) is 0 Å². The first-order valence-electron chi connectivity index (χ1n) is 11.6. The lowest BCUT2D eigenvalue weighted by molar-refractivity contribution is 0.0988. The largest absolute Gasteiger partial charge is 0.497 e. The number of hydrogen-bond donors (Lipinski definition) is 3. The maximum atomic E-state index is 12.7. The van der Waals surface area contributed by atoms with Gasteiger partial charge in [-0.15, -0.1) is 28.8 Å². The summed E-state index contributed by atoms with van der Waals surface area (Å²) in [6, 6.07) is 15.1. The Morgan fingerprint density at radius 2 is 1.81 bits per heavy atom. The minimum Gasteiger partial charge on any atom is -0.497 e. The van der Waals surface area contributed by atoms with Crippen LogP contribution >= 0.6 is 24.0 Å². The van der Waals surface area contributed by atoms with Crippen LogP contribution in [0.4, 0.5) is 0 Å². The highest BCUT2D eigenvalue weighted by atomic mass is 35.5. The van der Waals surface area contributed by atoms with Crippen LogP contribution in [0.3, 0.4) is 0 Å². The first-order valence-corrected chi connectivity index (χ1v) is 13.6.